The third kappa shape index (κ3) is 3.06. The van der Waals surface area contributed by atoms with Crippen LogP contribution in [0.1, 0.15) is 6.42 Å². The number of carbonyl (C=O) groups excluding carboxylic acids is 2. The lowest BCUT2D eigenvalue weighted by atomic mass is 9.85. The quantitative estimate of drug-likeness (QED) is 0.286. The van der Waals surface area contributed by atoms with Crippen LogP contribution in [0.3, 0.4) is 0 Å². The Bertz CT molecular complexity index is 368. The number of hydrogen-bond acceptors (Lipinski definition) is 7. The first-order valence-corrected chi connectivity index (χ1v) is 4.45. The van der Waals surface area contributed by atoms with Crippen molar-refractivity contribution in [3.8, 4) is 0 Å². The van der Waals surface area contributed by atoms with Gasteiger partial charge in [0.05, 0.1) is 19.0 Å². The maximum absolute atomic E-state index is 11.6. The van der Waals surface area contributed by atoms with Crippen LogP contribution < -0.4 is 17.2 Å². The molecular weight excluding hydrogens is 234 g/mol. The minimum atomic E-state index is -2.90. The average Bonchev–Trinajstić information content (AvgIpc) is 2.24. The molecule has 0 aromatic heterocycles. The van der Waals surface area contributed by atoms with E-state index in [-0.39, 0.29) is 0 Å². The minimum Gasteiger partial charge on any atom is -0.481 e. The Kier molecular flexibility index (Phi) is 4.88. The van der Waals surface area contributed by atoms with Gasteiger partial charge in [0.1, 0.15) is 0 Å². The summed E-state index contributed by atoms with van der Waals surface area (Å²) >= 11 is 0. The predicted molar refractivity (Wildman–Crippen MR) is 53.9 cm³/mol. The molecule has 0 aliphatic carbocycles. The highest BCUT2D eigenvalue weighted by Gasteiger charge is 2.50. The highest BCUT2D eigenvalue weighted by molar-refractivity contribution is 6.28. The van der Waals surface area contributed by atoms with Crippen molar-refractivity contribution in [3.05, 3.63) is 0 Å². The number of carboxylic acids is 2. The van der Waals surface area contributed by atoms with E-state index in [2.05, 4.69) is 0 Å². The Hall–Kier alpha value is -1.84. The van der Waals surface area contributed by atoms with E-state index in [1.54, 1.807) is 0 Å². The van der Waals surface area contributed by atoms with Gasteiger partial charge in [-0.3, -0.25) is 14.4 Å². The van der Waals surface area contributed by atoms with E-state index in [1.807, 2.05) is 0 Å². The predicted octanol–water partition coefficient (Wildman–Crippen LogP) is -3.33. The van der Waals surface area contributed by atoms with E-state index in [1.165, 1.54) is 0 Å². The summed E-state index contributed by atoms with van der Waals surface area (Å²) in [6.45, 7) is -0.770. The Labute approximate surface area is 95.5 Å². The van der Waals surface area contributed by atoms with Gasteiger partial charge in [-0.2, -0.15) is 0 Å². The smallest absolute Gasteiger partial charge is 0.339 e. The number of ketones is 2. The molecule has 0 radical (unpaired) electrons. The molecule has 0 saturated carbocycles. The normalized spacial score (nSPS) is 15.7. The van der Waals surface area contributed by atoms with Crippen molar-refractivity contribution in [1.29, 1.82) is 0 Å². The number of carboxylic acid groups (broad SMARTS) is 2. The van der Waals surface area contributed by atoms with Crippen LogP contribution >= 0.6 is 0 Å². The van der Waals surface area contributed by atoms with Gasteiger partial charge in [-0.15, -0.1) is 0 Å². The van der Waals surface area contributed by atoms with Crippen LogP contribution in [0.15, 0.2) is 0 Å². The number of aliphatic carboxylic acids is 2. The Balaban J connectivity index is 5.22. The second-order valence-corrected chi connectivity index (χ2v) is 3.31. The lowest BCUT2D eigenvalue weighted by molar-refractivity contribution is -0.154. The molecule has 0 amide bonds. The van der Waals surface area contributed by atoms with Crippen LogP contribution in [0.25, 0.3) is 0 Å². The van der Waals surface area contributed by atoms with Gasteiger partial charge in [0.2, 0.25) is 5.54 Å². The summed E-state index contributed by atoms with van der Waals surface area (Å²) in [5, 5.41) is 17.2. The van der Waals surface area contributed by atoms with Gasteiger partial charge < -0.3 is 27.4 Å². The first kappa shape index (κ1) is 15.2. The summed E-state index contributed by atoms with van der Waals surface area (Å²) in [7, 11) is 0. The molecule has 0 rings (SSSR count). The zero-order chi connectivity index (χ0) is 13.8. The third-order valence-corrected chi connectivity index (χ3v) is 2.08. The SMILES string of the molecule is NCC(=O)C(N)(C(=O)O)C(=O)C(N)CC(=O)O. The Morgan fingerprint density at radius 1 is 1.18 bits per heavy atom. The van der Waals surface area contributed by atoms with E-state index in [4.69, 9.17) is 27.4 Å². The van der Waals surface area contributed by atoms with E-state index >= 15 is 0 Å². The molecule has 9 nitrogen and oxygen atoms in total. The first-order chi connectivity index (χ1) is 7.67. The molecule has 17 heavy (non-hydrogen) atoms. The summed E-state index contributed by atoms with van der Waals surface area (Å²) in [5.74, 6) is -5.96. The molecular formula is C8H13N3O6. The standard InChI is InChI=1S/C8H13N3O6/c9-2-4(12)8(11,7(16)17)6(15)3(10)1-5(13)14/h3H,1-2,9-11H2,(H,13,14)(H,16,17). The second kappa shape index (κ2) is 5.48. The molecule has 0 bridgehead atoms. The van der Waals surface area contributed by atoms with E-state index in [0.717, 1.165) is 0 Å². The minimum absolute atomic E-state index is 0.770. The van der Waals surface area contributed by atoms with Crippen molar-refractivity contribution < 1.29 is 29.4 Å². The second-order valence-electron chi connectivity index (χ2n) is 3.31. The van der Waals surface area contributed by atoms with Crippen molar-refractivity contribution in [2.75, 3.05) is 6.54 Å². The van der Waals surface area contributed by atoms with Crippen LogP contribution in [-0.2, 0) is 19.2 Å². The molecule has 0 aromatic carbocycles. The lowest BCUT2D eigenvalue weighted by Crippen LogP contribution is -2.66. The summed E-state index contributed by atoms with van der Waals surface area (Å²) in [6, 6.07) is -1.69. The Morgan fingerprint density at radius 3 is 1.94 bits per heavy atom. The lowest BCUT2D eigenvalue weighted by Gasteiger charge is -2.23. The van der Waals surface area contributed by atoms with Gasteiger partial charge in [-0.25, -0.2) is 4.79 Å². The molecule has 0 heterocycles. The topological polar surface area (TPSA) is 187 Å². The van der Waals surface area contributed by atoms with Gasteiger partial charge >= 0.3 is 11.9 Å². The molecule has 0 aliphatic rings. The van der Waals surface area contributed by atoms with E-state index in [0.29, 0.717) is 0 Å². The van der Waals surface area contributed by atoms with Crippen LogP contribution in [0.2, 0.25) is 0 Å². The van der Waals surface area contributed by atoms with Crippen molar-refractivity contribution in [2.24, 2.45) is 17.2 Å². The molecule has 96 valence electrons. The van der Waals surface area contributed by atoms with E-state index in [9.17, 15) is 19.2 Å². The molecule has 8 N–H and O–H groups in total. The summed E-state index contributed by atoms with van der Waals surface area (Å²) in [6.07, 6.45) is -0.830. The maximum atomic E-state index is 11.6. The highest BCUT2D eigenvalue weighted by atomic mass is 16.4. The number of rotatable bonds is 7. The number of Topliss-reactive ketones (excluding diaryl/α,β-unsaturated/α-hetero) is 2. The third-order valence-electron chi connectivity index (χ3n) is 2.08. The fourth-order valence-electron chi connectivity index (χ4n) is 1.10. The molecule has 0 spiro atoms. The Morgan fingerprint density at radius 2 is 1.65 bits per heavy atom. The molecule has 2 atom stereocenters. The molecule has 0 saturated heterocycles. The monoisotopic (exact) mass is 247 g/mol. The summed E-state index contributed by atoms with van der Waals surface area (Å²) in [5.41, 5.74) is 12.4. The van der Waals surface area contributed by atoms with Gasteiger partial charge in [0.25, 0.3) is 0 Å². The van der Waals surface area contributed by atoms with Crippen molar-refractivity contribution in [1.82, 2.24) is 0 Å². The van der Waals surface area contributed by atoms with Crippen LogP contribution in [-0.4, -0.2) is 51.8 Å². The molecule has 0 fully saturated rings. The average molecular weight is 247 g/mol. The van der Waals surface area contributed by atoms with Crippen molar-refractivity contribution in [2.45, 2.75) is 18.0 Å². The maximum Gasteiger partial charge on any atom is 0.339 e. The first-order valence-electron chi connectivity index (χ1n) is 4.45. The van der Waals surface area contributed by atoms with Crippen LogP contribution in [0.5, 0.6) is 0 Å². The van der Waals surface area contributed by atoms with Gasteiger partial charge in [-0.05, 0) is 0 Å². The largest absolute Gasteiger partial charge is 0.481 e. The van der Waals surface area contributed by atoms with Crippen molar-refractivity contribution >= 4 is 23.5 Å². The van der Waals surface area contributed by atoms with Crippen LogP contribution in [0, 0.1) is 0 Å². The van der Waals surface area contributed by atoms with Crippen LogP contribution in [0.4, 0.5) is 0 Å². The van der Waals surface area contributed by atoms with Gasteiger partial charge in [0.15, 0.2) is 11.6 Å². The molecule has 2 unspecified atom stereocenters. The zero-order valence-corrected chi connectivity index (χ0v) is 8.75. The van der Waals surface area contributed by atoms with Gasteiger partial charge in [-0.1, -0.05) is 0 Å². The zero-order valence-electron chi connectivity index (χ0n) is 8.75. The number of nitrogens with two attached hydrogens (primary N) is 3. The summed E-state index contributed by atoms with van der Waals surface area (Å²) < 4.78 is 0. The fourth-order valence-corrected chi connectivity index (χ4v) is 1.10. The van der Waals surface area contributed by atoms with Gasteiger partial charge in [0, 0.05) is 0 Å². The van der Waals surface area contributed by atoms with E-state index < -0.39 is 48.1 Å². The molecule has 0 aromatic rings. The highest BCUT2D eigenvalue weighted by Crippen LogP contribution is 2.09. The van der Waals surface area contributed by atoms with Crippen molar-refractivity contribution in [3.63, 3.8) is 0 Å². The number of carbonyl (C=O) groups is 4. The molecule has 0 aliphatic heterocycles. The summed E-state index contributed by atoms with van der Waals surface area (Å²) in [4.78, 5) is 44.0. The fraction of sp³-hybridized carbons (Fsp3) is 0.500. The molecule has 9 heteroatoms. The number of hydrogen-bond donors (Lipinski definition) is 5.